The topological polar surface area (TPSA) is 103 Å². The van der Waals surface area contributed by atoms with Gasteiger partial charge in [-0.25, -0.2) is 14.4 Å². The van der Waals surface area contributed by atoms with E-state index in [4.69, 9.17) is 4.74 Å². The van der Waals surface area contributed by atoms with Gasteiger partial charge in [-0.05, 0) is 62.4 Å². The minimum atomic E-state index is -0.629. The number of aromatic amines is 1. The molecule has 1 amide bonds. The smallest absolute Gasteiger partial charge is 0.270 e. The number of carbonyl (C=O) groups excluding carboxylic acids is 1. The molecule has 0 radical (unpaired) electrons. The summed E-state index contributed by atoms with van der Waals surface area (Å²) in [6.45, 7) is 4.10. The van der Waals surface area contributed by atoms with Gasteiger partial charge in [0, 0.05) is 57.4 Å². The molecule has 2 saturated heterocycles. The molecule has 3 fully saturated rings. The Morgan fingerprint density at radius 2 is 1.79 bits per heavy atom. The zero-order valence-corrected chi connectivity index (χ0v) is 21.7. The number of rotatable bonds is 5. The number of anilines is 1. The Labute approximate surface area is 224 Å². The Morgan fingerprint density at radius 1 is 1.00 bits per heavy atom. The number of aromatic nitrogens is 3. The maximum Gasteiger partial charge on any atom is 0.270 e. The van der Waals surface area contributed by atoms with E-state index in [9.17, 15) is 18.4 Å². The van der Waals surface area contributed by atoms with E-state index in [2.05, 4.69) is 25.2 Å². The molecule has 6 rings (SSSR count). The number of fused-ring (bicyclic) bond motifs is 1. The minimum Gasteiger partial charge on any atom is -0.381 e. The van der Waals surface area contributed by atoms with Crippen molar-refractivity contribution in [1.29, 1.82) is 0 Å². The standard InChI is InChI=1S/C28H32F2N6O3/c29-18-2-4-22-21(16-18)27(37)34-26(33-22)17-1-3-20(15-17)35-9-11-36(12-10-35)24-6-5-23(32-25(24)30)28(38)31-19-7-13-39-14-8-19/h2,4-6,16-17,19-20H,1,3,7-15H2,(H,31,38)(H,33,34,37). The Bertz CT molecular complexity index is 1420. The van der Waals surface area contributed by atoms with Crippen molar-refractivity contribution in [2.24, 2.45) is 0 Å². The highest BCUT2D eigenvalue weighted by molar-refractivity contribution is 5.92. The number of nitrogens with one attached hydrogen (secondary N) is 2. The van der Waals surface area contributed by atoms with E-state index in [-0.39, 0.29) is 34.5 Å². The van der Waals surface area contributed by atoms with Crippen molar-refractivity contribution in [2.75, 3.05) is 44.3 Å². The summed E-state index contributed by atoms with van der Waals surface area (Å²) in [7, 11) is 0. The molecule has 2 aromatic heterocycles. The van der Waals surface area contributed by atoms with E-state index in [1.807, 2.05) is 4.90 Å². The Kier molecular flexibility index (Phi) is 7.26. The van der Waals surface area contributed by atoms with Crippen molar-refractivity contribution < 1.29 is 18.3 Å². The average molecular weight is 539 g/mol. The van der Waals surface area contributed by atoms with Gasteiger partial charge in [-0.1, -0.05) is 0 Å². The summed E-state index contributed by atoms with van der Waals surface area (Å²) in [6.07, 6.45) is 4.27. The Hall–Kier alpha value is -3.44. The fourth-order valence-electron chi connectivity index (χ4n) is 6.08. The fraction of sp³-hybridized carbons (Fsp3) is 0.500. The summed E-state index contributed by atoms with van der Waals surface area (Å²) in [5.41, 5.74) is 0.698. The fourth-order valence-corrected chi connectivity index (χ4v) is 6.08. The Morgan fingerprint density at radius 3 is 2.56 bits per heavy atom. The zero-order chi connectivity index (χ0) is 26.9. The predicted molar refractivity (Wildman–Crippen MR) is 142 cm³/mol. The van der Waals surface area contributed by atoms with Crippen LogP contribution in [0.15, 0.2) is 35.1 Å². The van der Waals surface area contributed by atoms with Crippen LogP contribution in [0.25, 0.3) is 10.9 Å². The third-order valence-corrected chi connectivity index (χ3v) is 8.27. The number of ether oxygens (including phenoxy) is 1. The van der Waals surface area contributed by atoms with E-state index < -0.39 is 11.8 Å². The number of nitrogens with zero attached hydrogens (tertiary/aromatic N) is 4. The molecular formula is C28H32F2N6O3. The zero-order valence-electron chi connectivity index (χ0n) is 21.7. The van der Waals surface area contributed by atoms with Crippen LogP contribution in [0.2, 0.25) is 0 Å². The van der Waals surface area contributed by atoms with Gasteiger partial charge in [0.25, 0.3) is 11.5 Å². The number of benzene rings is 1. The van der Waals surface area contributed by atoms with Crippen molar-refractivity contribution >= 4 is 22.5 Å². The van der Waals surface area contributed by atoms with Crippen molar-refractivity contribution in [3.05, 3.63) is 64.0 Å². The quantitative estimate of drug-likeness (QED) is 0.482. The second-order valence-corrected chi connectivity index (χ2v) is 10.7. The molecule has 11 heteroatoms. The van der Waals surface area contributed by atoms with E-state index in [1.165, 1.54) is 12.1 Å². The highest BCUT2D eigenvalue weighted by Gasteiger charge is 2.33. The lowest BCUT2D eigenvalue weighted by atomic mass is 10.1. The van der Waals surface area contributed by atoms with Crippen LogP contribution in [0.1, 0.15) is 54.3 Å². The summed E-state index contributed by atoms with van der Waals surface area (Å²) in [6, 6.07) is 7.71. The van der Waals surface area contributed by atoms with Crippen LogP contribution >= 0.6 is 0 Å². The molecule has 2 N–H and O–H groups in total. The first-order valence-corrected chi connectivity index (χ1v) is 13.7. The van der Waals surface area contributed by atoms with Gasteiger partial charge in [0.05, 0.1) is 16.6 Å². The van der Waals surface area contributed by atoms with Crippen LogP contribution in [0.4, 0.5) is 14.5 Å². The van der Waals surface area contributed by atoms with Crippen molar-refractivity contribution in [3.63, 3.8) is 0 Å². The van der Waals surface area contributed by atoms with E-state index in [0.29, 0.717) is 49.4 Å². The monoisotopic (exact) mass is 538 g/mol. The highest BCUT2D eigenvalue weighted by Crippen LogP contribution is 2.36. The molecule has 1 aromatic carbocycles. The third kappa shape index (κ3) is 5.51. The van der Waals surface area contributed by atoms with Crippen LogP contribution in [0, 0.1) is 11.8 Å². The van der Waals surface area contributed by atoms with Gasteiger partial charge in [-0.15, -0.1) is 0 Å². The van der Waals surface area contributed by atoms with Gasteiger partial charge >= 0.3 is 0 Å². The van der Waals surface area contributed by atoms with Crippen molar-refractivity contribution in [1.82, 2.24) is 25.2 Å². The Balaban J connectivity index is 1.05. The summed E-state index contributed by atoms with van der Waals surface area (Å²) < 4.78 is 33.8. The lowest BCUT2D eigenvalue weighted by molar-refractivity contribution is 0.0693. The molecule has 9 nitrogen and oxygen atoms in total. The van der Waals surface area contributed by atoms with Crippen LogP contribution in [0.3, 0.4) is 0 Å². The van der Waals surface area contributed by atoms with Crippen molar-refractivity contribution in [2.45, 2.75) is 50.1 Å². The van der Waals surface area contributed by atoms with E-state index in [1.54, 1.807) is 18.2 Å². The maximum absolute atomic E-state index is 15.0. The maximum atomic E-state index is 15.0. The normalized spacial score (nSPS) is 22.9. The van der Waals surface area contributed by atoms with Gasteiger partial charge in [0.2, 0.25) is 5.95 Å². The molecule has 2 atom stereocenters. The van der Waals surface area contributed by atoms with Crippen LogP contribution < -0.4 is 15.8 Å². The summed E-state index contributed by atoms with van der Waals surface area (Å²) in [5.74, 6) is -0.645. The average Bonchev–Trinajstić information content (AvgIpc) is 3.44. The van der Waals surface area contributed by atoms with Crippen LogP contribution in [-0.2, 0) is 4.74 Å². The van der Waals surface area contributed by atoms with Gasteiger partial charge in [-0.2, -0.15) is 4.39 Å². The molecule has 2 unspecified atom stereocenters. The summed E-state index contributed by atoms with van der Waals surface area (Å²) >= 11 is 0. The molecule has 1 saturated carbocycles. The first-order valence-electron chi connectivity index (χ1n) is 13.7. The largest absolute Gasteiger partial charge is 0.381 e. The number of amides is 1. The predicted octanol–water partition coefficient (Wildman–Crippen LogP) is 2.96. The van der Waals surface area contributed by atoms with Crippen LogP contribution in [-0.4, -0.2) is 77.2 Å². The van der Waals surface area contributed by atoms with Gasteiger partial charge < -0.3 is 19.9 Å². The lowest BCUT2D eigenvalue weighted by Crippen LogP contribution is -2.50. The first kappa shape index (κ1) is 25.8. The second kappa shape index (κ2) is 11.0. The molecular weight excluding hydrogens is 506 g/mol. The summed E-state index contributed by atoms with van der Waals surface area (Å²) in [4.78, 5) is 40.9. The van der Waals surface area contributed by atoms with Gasteiger partial charge in [0.1, 0.15) is 17.3 Å². The number of hydrogen-bond acceptors (Lipinski definition) is 7. The molecule has 206 valence electrons. The highest BCUT2D eigenvalue weighted by atomic mass is 19.1. The molecule has 0 spiro atoms. The number of piperazine rings is 1. The van der Waals surface area contributed by atoms with Crippen LogP contribution in [0.5, 0.6) is 0 Å². The molecule has 3 aliphatic rings. The number of H-pyrrole nitrogens is 1. The molecule has 2 aliphatic heterocycles. The first-order chi connectivity index (χ1) is 18.9. The number of carbonyl (C=O) groups is 1. The number of halogens is 2. The van der Waals surface area contributed by atoms with Gasteiger partial charge in [-0.3, -0.25) is 14.5 Å². The number of hydrogen-bond donors (Lipinski definition) is 2. The molecule has 39 heavy (non-hydrogen) atoms. The second-order valence-electron chi connectivity index (χ2n) is 10.7. The molecule has 3 aromatic rings. The van der Waals surface area contributed by atoms with Gasteiger partial charge in [0.15, 0.2) is 0 Å². The molecule has 0 bridgehead atoms. The number of pyridine rings is 1. The SMILES string of the molecule is O=C(NC1CCOCC1)c1ccc(N2CCN(C3CCC(c4nc5ccc(F)cc5c(=O)[nH]4)C3)CC2)c(F)n1. The third-order valence-electron chi connectivity index (χ3n) is 8.27. The van der Waals surface area contributed by atoms with Crippen molar-refractivity contribution in [3.8, 4) is 0 Å². The molecule has 4 heterocycles. The van der Waals surface area contributed by atoms with E-state index >= 15 is 0 Å². The molecule has 1 aliphatic carbocycles. The lowest BCUT2D eigenvalue weighted by Gasteiger charge is -2.39. The van der Waals surface area contributed by atoms with E-state index in [0.717, 1.165) is 45.2 Å². The minimum absolute atomic E-state index is 0.0286. The summed E-state index contributed by atoms with van der Waals surface area (Å²) in [5, 5.41) is 3.18.